The fourth-order valence-corrected chi connectivity index (χ4v) is 3.12. The molecule has 0 bridgehead atoms. The van der Waals surface area contributed by atoms with E-state index in [1.54, 1.807) is 45.2 Å². The van der Waals surface area contributed by atoms with Crippen molar-refractivity contribution in [2.45, 2.75) is 38.8 Å². The number of hydrogen-bond acceptors (Lipinski definition) is 4. The van der Waals surface area contributed by atoms with Crippen LogP contribution in [-0.2, 0) is 23.0 Å². The van der Waals surface area contributed by atoms with Gasteiger partial charge in [0, 0.05) is 36.8 Å². The number of nitrogens with one attached hydrogen (secondary N) is 2. The van der Waals surface area contributed by atoms with Crippen LogP contribution < -0.4 is 10.6 Å². The molecule has 7 heteroatoms. The molecule has 2 aromatic heterocycles. The van der Waals surface area contributed by atoms with Crippen molar-refractivity contribution in [3.05, 3.63) is 60.4 Å². The number of fused-ring (bicyclic) bond motifs is 1. The average molecular weight is 394 g/mol. The third kappa shape index (κ3) is 5.34. The van der Waals surface area contributed by atoms with Crippen molar-refractivity contribution in [3.8, 4) is 0 Å². The molecule has 0 aliphatic heterocycles. The molecule has 0 aliphatic rings. The number of benzene rings is 1. The number of alkyl carbamates (subject to hydrolysis) is 1. The van der Waals surface area contributed by atoms with Crippen LogP contribution in [0.5, 0.6) is 0 Å². The standard InChI is InChI=1S/C22H26N4O3/c1-22(2,3)29-21(28)24-17(20(27)25-19-11-7-8-12-23-19)13-15-14-26(4)18-10-6-5-9-16(15)18/h5-12,14,17H,13H2,1-4H3,(H,24,28)(H,23,25,27)/t17-/m0/s1. The van der Waals surface area contributed by atoms with Crippen molar-refractivity contribution < 1.29 is 14.3 Å². The highest BCUT2D eigenvalue weighted by Crippen LogP contribution is 2.22. The molecular formula is C22H26N4O3. The van der Waals surface area contributed by atoms with Crippen LogP contribution in [0.1, 0.15) is 26.3 Å². The monoisotopic (exact) mass is 394 g/mol. The summed E-state index contributed by atoms with van der Waals surface area (Å²) in [5.41, 5.74) is 1.36. The van der Waals surface area contributed by atoms with E-state index < -0.39 is 17.7 Å². The van der Waals surface area contributed by atoms with Gasteiger partial charge in [-0.15, -0.1) is 0 Å². The van der Waals surface area contributed by atoms with Gasteiger partial charge in [-0.3, -0.25) is 4.79 Å². The normalized spacial score (nSPS) is 12.4. The fraction of sp³-hybridized carbons (Fsp3) is 0.318. The molecule has 152 valence electrons. The van der Waals surface area contributed by atoms with E-state index in [2.05, 4.69) is 15.6 Å². The summed E-state index contributed by atoms with van der Waals surface area (Å²) in [5.74, 6) is 0.0638. The van der Waals surface area contributed by atoms with Crippen LogP contribution in [0.15, 0.2) is 54.9 Å². The molecule has 2 heterocycles. The lowest BCUT2D eigenvalue weighted by Crippen LogP contribution is -2.47. The van der Waals surface area contributed by atoms with E-state index in [4.69, 9.17) is 4.74 Å². The molecule has 7 nitrogen and oxygen atoms in total. The van der Waals surface area contributed by atoms with Gasteiger partial charge in [-0.2, -0.15) is 0 Å². The number of hydrogen-bond donors (Lipinski definition) is 2. The Morgan fingerprint density at radius 3 is 2.55 bits per heavy atom. The van der Waals surface area contributed by atoms with Crippen LogP contribution in [0.2, 0.25) is 0 Å². The largest absolute Gasteiger partial charge is 0.444 e. The Hall–Kier alpha value is -3.35. The molecule has 0 saturated heterocycles. The molecule has 2 amide bonds. The highest BCUT2D eigenvalue weighted by molar-refractivity contribution is 5.96. The lowest BCUT2D eigenvalue weighted by atomic mass is 10.0. The second-order valence-corrected chi connectivity index (χ2v) is 7.89. The fourth-order valence-electron chi connectivity index (χ4n) is 3.12. The van der Waals surface area contributed by atoms with E-state index in [0.717, 1.165) is 16.5 Å². The van der Waals surface area contributed by atoms with E-state index in [-0.39, 0.29) is 5.91 Å². The van der Waals surface area contributed by atoms with Gasteiger partial charge in [0.25, 0.3) is 0 Å². The summed E-state index contributed by atoms with van der Waals surface area (Å²) in [4.78, 5) is 29.4. The molecule has 0 radical (unpaired) electrons. The maximum atomic E-state index is 12.9. The lowest BCUT2D eigenvalue weighted by Gasteiger charge is -2.23. The van der Waals surface area contributed by atoms with Gasteiger partial charge in [0.2, 0.25) is 5.91 Å². The number of para-hydroxylation sites is 1. The summed E-state index contributed by atoms with van der Waals surface area (Å²) >= 11 is 0. The minimum atomic E-state index is -0.822. The highest BCUT2D eigenvalue weighted by atomic mass is 16.6. The molecule has 0 saturated carbocycles. The molecule has 2 N–H and O–H groups in total. The number of aryl methyl sites for hydroxylation is 1. The number of anilines is 1. The first-order valence-corrected chi connectivity index (χ1v) is 9.47. The van der Waals surface area contributed by atoms with Crippen molar-refractivity contribution in [1.82, 2.24) is 14.9 Å². The molecular weight excluding hydrogens is 368 g/mol. The van der Waals surface area contributed by atoms with Gasteiger partial charge in [0.05, 0.1) is 0 Å². The summed E-state index contributed by atoms with van der Waals surface area (Å²) < 4.78 is 7.35. The van der Waals surface area contributed by atoms with Gasteiger partial charge in [0.15, 0.2) is 0 Å². The molecule has 0 unspecified atom stereocenters. The SMILES string of the molecule is Cn1cc(C[C@H](NC(=O)OC(C)(C)C)C(=O)Nc2ccccn2)c2ccccc21. The molecule has 1 atom stereocenters. The summed E-state index contributed by atoms with van der Waals surface area (Å²) in [7, 11) is 1.95. The minimum absolute atomic E-state index is 0.319. The number of carbonyl (C=O) groups is 2. The molecule has 0 fully saturated rings. The Kier molecular flexibility index (Phi) is 5.87. The summed E-state index contributed by atoms with van der Waals surface area (Å²) in [6.07, 6.45) is 3.25. The van der Waals surface area contributed by atoms with Gasteiger partial charge >= 0.3 is 6.09 Å². The quantitative estimate of drug-likeness (QED) is 0.692. The van der Waals surface area contributed by atoms with Crippen molar-refractivity contribution >= 4 is 28.7 Å². The average Bonchev–Trinajstić information content (AvgIpc) is 2.96. The number of aromatic nitrogens is 2. The smallest absolute Gasteiger partial charge is 0.408 e. The van der Waals surface area contributed by atoms with Crippen molar-refractivity contribution in [2.75, 3.05) is 5.32 Å². The maximum absolute atomic E-state index is 12.9. The Bertz CT molecular complexity index is 1010. The highest BCUT2D eigenvalue weighted by Gasteiger charge is 2.26. The predicted octanol–water partition coefficient (Wildman–Crippen LogP) is 3.65. The number of nitrogens with zero attached hydrogens (tertiary/aromatic N) is 2. The molecule has 29 heavy (non-hydrogen) atoms. The number of ether oxygens (including phenoxy) is 1. The zero-order chi connectivity index (χ0) is 21.0. The van der Waals surface area contributed by atoms with Crippen LogP contribution in [0.25, 0.3) is 10.9 Å². The molecule has 0 spiro atoms. The van der Waals surface area contributed by atoms with Gasteiger partial charge < -0.3 is 19.9 Å². The molecule has 3 rings (SSSR count). The molecule has 3 aromatic rings. The zero-order valence-corrected chi connectivity index (χ0v) is 17.1. The topological polar surface area (TPSA) is 85.2 Å². The van der Waals surface area contributed by atoms with Gasteiger partial charge in [-0.25, -0.2) is 9.78 Å². The molecule has 0 aliphatic carbocycles. The second-order valence-electron chi connectivity index (χ2n) is 7.89. The Morgan fingerprint density at radius 2 is 1.86 bits per heavy atom. The third-order valence-electron chi connectivity index (χ3n) is 4.33. The Labute approximate surface area is 170 Å². The third-order valence-corrected chi connectivity index (χ3v) is 4.33. The first-order valence-electron chi connectivity index (χ1n) is 9.47. The summed E-state index contributed by atoms with van der Waals surface area (Å²) in [6.45, 7) is 5.33. The second kappa shape index (κ2) is 8.34. The number of carbonyl (C=O) groups excluding carboxylic acids is 2. The van der Waals surface area contributed by atoms with Crippen LogP contribution in [0.4, 0.5) is 10.6 Å². The maximum Gasteiger partial charge on any atom is 0.408 e. The van der Waals surface area contributed by atoms with E-state index >= 15 is 0 Å². The van der Waals surface area contributed by atoms with Gasteiger partial charge in [-0.1, -0.05) is 24.3 Å². The van der Waals surface area contributed by atoms with Gasteiger partial charge in [0.1, 0.15) is 17.5 Å². The van der Waals surface area contributed by atoms with Gasteiger partial charge in [-0.05, 0) is 44.5 Å². The zero-order valence-electron chi connectivity index (χ0n) is 17.1. The van der Waals surface area contributed by atoms with E-state index in [1.165, 1.54) is 0 Å². The number of amides is 2. The number of pyridine rings is 1. The van der Waals surface area contributed by atoms with E-state index in [9.17, 15) is 9.59 Å². The summed E-state index contributed by atoms with van der Waals surface area (Å²) in [5, 5.41) is 6.50. The van der Waals surface area contributed by atoms with Crippen molar-refractivity contribution in [1.29, 1.82) is 0 Å². The van der Waals surface area contributed by atoms with Crippen LogP contribution in [0, 0.1) is 0 Å². The summed E-state index contributed by atoms with van der Waals surface area (Å²) in [6, 6.07) is 12.4. The Morgan fingerprint density at radius 1 is 1.14 bits per heavy atom. The van der Waals surface area contributed by atoms with Crippen LogP contribution in [-0.4, -0.2) is 33.2 Å². The minimum Gasteiger partial charge on any atom is -0.444 e. The van der Waals surface area contributed by atoms with Crippen LogP contribution in [0.3, 0.4) is 0 Å². The van der Waals surface area contributed by atoms with Crippen LogP contribution >= 0.6 is 0 Å². The first-order chi connectivity index (χ1) is 13.7. The Balaban J connectivity index is 1.85. The van der Waals surface area contributed by atoms with Crippen molar-refractivity contribution in [2.24, 2.45) is 7.05 Å². The first kappa shape index (κ1) is 20.4. The van der Waals surface area contributed by atoms with E-state index in [1.807, 2.05) is 42.1 Å². The lowest BCUT2D eigenvalue weighted by molar-refractivity contribution is -0.118. The predicted molar refractivity (Wildman–Crippen MR) is 113 cm³/mol. The van der Waals surface area contributed by atoms with E-state index in [0.29, 0.717) is 12.2 Å². The number of rotatable bonds is 5. The van der Waals surface area contributed by atoms with Crippen molar-refractivity contribution in [3.63, 3.8) is 0 Å². The molecule has 1 aromatic carbocycles.